The van der Waals surface area contributed by atoms with Gasteiger partial charge in [-0.1, -0.05) is 0 Å². The number of carboxylic acids is 1. The van der Waals surface area contributed by atoms with Crippen LogP contribution in [0.3, 0.4) is 0 Å². The van der Waals surface area contributed by atoms with Gasteiger partial charge in [-0.2, -0.15) is 13.2 Å². The lowest BCUT2D eigenvalue weighted by atomic mass is 10.0. The standard InChI is InChI=1S/C9H12F3NO4/c10-9(11,12)8(16)13-3-6(4-13)5-17-2-1-7(14)15/h6H,1-5H2,(H,14,15). The first kappa shape index (κ1) is 13.8. The number of hydrogen-bond acceptors (Lipinski definition) is 3. The van der Waals surface area contributed by atoms with Crippen LogP contribution in [0, 0.1) is 5.92 Å². The van der Waals surface area contributed by atoms with Crippen molar-refractivity contribution in [3.05, 3.63) is 0 Å². The molecule has 8 heteroatoms. The van der Waals surface area contributed by atoms with E-state index in [2.05, 4.69) is 0 Å². The predicted octanol–water partition coefficient (Wildman–Crippen LogP) is 0.498. The smallest absolute Gasteiger partial charge is 0.471 e. The summed E-state index contributed by atoms with van der Waals surface area (Å²) < 4.78 is 40.8. The third-order valence-corrected chi connectivity index (χ3v) is 2.30. The van der Waals surface area contributed by atoms with Gasteiger partial charge in [-0.3, -0.25) is 9.59 Å². The molecule has 1 fully saturated rings. The quantitative estimate of drug-likeness (QED) is 0.726. The van der Waals surface area contributed by atoms with E-state index in [0.29, 0.717) is 4.90 Å². The molecule has 5 nitrogen and oxygen atoms in total. The average Bonchev–Trinajstić information content (AvgIpc) is 2.11. The average molecular weight is 255 g/mol. The number of aliphatic carboxylic acids is 1. The molecule has 0 saturated carbocycles. The first-order chi connectivity index (χ1) is 7.80. The molecule has 0 aliphatic carbocycles. The van der Waals surface area contributed by atoms with E-state index in [-0.39, 0.29) is 38.6 Å². The Morgan fingerprint density at radius 3 is 2.41 bits per heavy atom. The number of amides is 1. The SMILES string of the molecule is O=C(O)CCOCC1CN(C(=O)C(F)(F)F)C1. The van der Waals surface area contributed by atoms with E-state index in [1.807, 2.05) is 0 Å². The second kappa shape index (κ2) is 5.35. The van der Waals surface area contributed by atoms with E-state index >= 15 is 0 Å². The Morgan fingerprint density at radius 1 is 1.35 bits per heavy atom. The van der Waals surface area contributed by atoms with Crippen molar-refractivity contribution in [2.45, 2.75) is 12.6 Å². The van der Waals surface area contributed by atoms with Crippen molar-refractivity contribution >= 4 is 11.9 Å². The molecule has 98 valence electrons. The van der Waals surface area contributed by atoms with Crippen LogP contribution in [-0.4, -0.2) is 54.4 Å². The third kappa shape index (κ3) is 4.22. The molecule has 1 aliphatic heterocycles. The van der Waals surface area contributed by atoms with Crippen molar-refractivity contribution in [3.8, 4) is 0 Å². The van der Waals surface area contributed by atoms with Crippen molar-refractivity contribution in [1.82, 2.24) is 4.90 Å². The number of hydrogen-bond donors (Lipinski definition) is 1. The van der Waals surface area contributed by atoms with Crippen LogP contribution in [0.5, 0.6) is 0 Å². The van der Waals surface area contributed by atoms with Crippen LogP contribution < -0.4 is 0 Å². The van der Waals surface area contributed by atoms with Crippen LogP contribution in [0.15, 0.2) is 0 Å². The summed E-state index contributed by atoms with van der Waals surface area (Å²) in [5.74, 6) is -2.97. The van der Waals surface area contributed by atoms with E-state index in [1.165, 1.54) is 0 Å². The van der Waals surface area contributed by atoms with Gasteiger partial charge in [-0.15, -0.1) is 0 Å². The Balaban J connectivity index is 2.11. The van der Waals surface area contributed by atoms with Crippen molar-refractivity contribution in [2.24, 2.45) is 5.92 Å². The van der Waals surface area contributed by atoms with Crippen molar-refractivity contribution < 1.29 is 32.6 Å². The summed E-state index contributed by atoms with van der Waals surface area (Å²) in [5, 5.41) is 8.30. The maximum absolute atomic E-state index is 12.0. The molecule has 0 spiro atoms. The van der Waals surface area contributed by atoms with Crippen molar-refractivity contribution in [1.29, 1.82) is 0 Å². The van der Waals surface area contributed by atoms with Gasteiger partial charge >= 0.3 is 18.1 Å². The molecule has 1 heterocycles. The first-order valence-electron chi connectivity index (χ1n) is 4.96. The lowest BCUT2D eigenvalue weighted by Crippen LogP contribution is -2.55. The molecule has 0 aromatic carbocycles. The lowest BCUT2D eigenvalue weighted by molar-refractivity contribution is -0.192. The summed E-state index contributed by atoms with van der Waals surface area (Å²) >= 11 is 0. The van der Waals surface area contributed by atoms with E-state index in [1.54, 1.807) is 0 Å². The van der Waals surface area contributed by atoms with Crippen molar-refractivity contribution in [3.63, 3.8) is 0 Å². The minimum absolute atomic E-state index is 0.00537. The molecule has 0 radical (unpaired) electrons. The maximum atomic E-state index is 12.0. The topological polar surface area (TPSA) is 66.8 Å². The molecule has 0 aromatic heterocycles. The molecule has 1 aliphatic rings. The van der Waals surface area contributed by atoms with Crippen molar-refractivity contribution in [2.75, 3.05) is 26.3 Å². The Bertz CT molecular complexity index is 299. The highest BCUT2D eigenvalue weighted by Gasteiger charge is 2.46. The van der Waals surface area contributed by atoms with Gasteiger partial charge in [0.15, 0.2) is 0 Å². The summed E-state index contributed by atoms with van der Waals surface area (Å²) in [6.45, 7) is 0.213. The second-order valence-corrected chi connectivity index (χ2v) is 3.79. The number of nitrogens with zero attached hydrogens (tertiary/aromatic N) is 1. The van der Waals surface area contributed by atoms with Gasteiger partial charge in [-0.05, 0) is 0 Å². The Morgan fingerprint density at radius 2 is 1.94 bits per heavy atom. The molecule has 0 aromatic rings. The normalized spacial score (nSPS) is 16.8. The van der Waals surface area contributed by atoms with Crippen LogP contribution in [0.25, 0.3) is 0 Å². The third-order valence-electron chi connectivity index (χ3n) is 2.30. The van der Waals surface area contributed by atoms with Crippen LogP contribution in [0.4, 0.5) is 13.2 Å². The molecule has 17 heavy (non-hydrogen) atoms. The van der Waals surface area contributed by atoms with E-state index in [9.17, 15) is 22.8 Å². The highest BCUT2D eigenvalue weighted by Crippen LogP contribution is 2.24. The summed E-state index contributed by atoms with van der Waals surface area (Å²) in [6, 6.07) is 0. The van der Waals surface area contributed by atoms with Gasteiger partial charge in [0.25, 0.3) is 0 Å². The van der Waals surface area contributed by atoms with Crippen LogP contribution in [-0.2, 0) is 14.3 Å². The first-order valence-corrected chi connectivity index (χ1v) is 4.96. The number of carboxylic acid groups (broad SMARTS) is 1. The largest absolute Gasteiger partial charge is 0.481 e. The number of ether oxygens (including phenoxy) is 1. The molecule has 1 rings (SSSR count). The van der Waals surface area contributed by atoms with Crippen LogP contribution in [0.2, 0.25) is 0 Å². The predicted molar refractivity (Wildman–Crippen MR) is 49.2 cm³/mol. The van der Waals surface area contributed by atoms with Gasteiger partial charge in [0, 0.05) is 19.0 Å². The highest BCUT2D eigenvalue weighted by atomic mass is 19.4. The minimum atomic E-state index is -4.82. The second-order valence-electron chi connectivity index (χ2n) is 3.79. The Labute approximate surface area is 95.1 Å². The van der Waals surface area contributed by atoms with E-state index < -0.39 is 18.1 Å². The molecule has 0 unspecified atom stereocenters. The molecule has 0 bridgehead atoms. The number of likely N-dealkylation sites (tertiary alicyclic amines) is 1. The summed E-state index contributed by atoms with van der Waals surface area (Å²) in [6.07, 6.45) is -4.97. The number of alkyl halides is 3. The number of rotatable bonds is 5. The maximum Gasteiger partial charge on any atom is 0.471 e. The number of carbonyl (C=O) groups is 2. The van der Waals surface area contributed by atoms with Crippen LogP contribution in [0.1, 0.15) is 6.42 Å². The van der Waals surface area contributed by atoms with Gasteiger partial charge in [0.1, 0.15) is 0 Å². The highest BCUT2D eigenvalue weighted by molar-refractivity contribution is 5.82. The molecular formula is C9H12F3NO4. The van der Waals surface area contributed by atoms with Gasteiger partial charge in [-0.25, -0.2) is 0 Å². The summed E-state index contributed by atoms with van der Waals surface area (Å²) in [7, 11) is 0. The molecule has 1 amide bonds. The number of carbonyl (C=O) groups excluding carboxylic acids is 1. The summed E-state index contributed by atoms with van der Waals surface area (Å²) in [4.78, 5) is 21.5. The fourth-order valence-electron chi connectivity index (χ4n) is 1.43. The van der Waals surface area contributed by atoms with E-state index in [4.69, 9.17) is 9.84 Å². The van der Waals surface area contributed by atoms with Gasteiger partial charge < -0.3 is 14.7 Å². The molecule has 0 atom stereocenters. The molecule has 1 saturated heterocycles. The monoisotopic (exact) mass is 255 g/mol. The zero-order valence-electron chi connectivity index (χ0n) is 8.87. The Hall–Kier alpha value is -1.31. The fraction of sp³-hybridized carbons (Fsp3) is 0.778. The van der Waals surface area contributed by atoms with Gasteiger partial charge in [0.05, 0.1) is 19.6 Å². The fourth-order valence-corrected chi connectivity index (χ4v) is 1.43. The Kier molecular flexibility index (Phi) is 4.33. The zero-order chi connectivity index (χ0) is 13.1. The van der Waals surface area contributed by atoms with Crippen LogP contribution >= 0.6 is 0 Å². The lowest BCUT2D eigenvalue weighted by Gasteiger charge is -2.39. The van der Waals surface area contributed by atoms with Gasteiger partial charge in [0.2, 0.25) is 0 Å². The molecule has 1 N–H and O–H groups in total. The van der Waals surface area contributed by atoms with E-state index in [0.717, 1.165) is 0 Å². The summed E-state index contributed by atoms with van der Waals surface area (Å²) in [5.41, 5.74) is 0. The molecular weight excluding hydrogens is 243 g/mol. The number of halogens is 3. The minimum Gasteiger partial charge on any atom is -0.481 e. The zero-order valence-corrected chi connectivity index (χ0v) is 8.87.